The second-order valence-electron chi connectivity index (χ2n) is 7.30. The number of nitrogens with zero attached hydrogens (tertiary/aromatic N) is 4. The third-order valence-corrected chi connectivity index (χ3v) is 5.81. The first kappa shape index (κ1) is 17.6. The molecule has 0 saturated carbocycles. The van der Waals surface area contributed by atoms with Gasteiger partial charge in [0.25, 0.3) is 0 Å². The summed E-state index contributed by atoms with van der Waals surface area (Å²) < 4.78 is 9.78. The van der Waals surface area contributed by atoms with Gasteiger partial charge in [-0.05, 0) is 25.2 Å². The number of hydrogen-bond donors (Lipinski definition) is 0. The van der Waals surface area contributed by atoms with Crippen LogP contribution in [0.4, 0.5) is 5.13 Å². The minimum absolute atomic E-state index is 0.0749. The van der Waals surface area contributed by atoms with Crippen molar-refractivity contribution in [3.8, 4) is 0 Å². The molecule has 1 amide bonds. The number of carbonyl (C=O) groups excluding carboxylic acids is 1. The van der Waals surface area contributed by atoms with Gasteiger partial charge in [0.2, 0.25) is 11.0 Å². The molecule has 0 bridgehead atoms. The Balaban J connectivity index is 1.46. The molecular formula is C17H28N4O2S. The Kier molecular flexibility index (Phi) is 5.71. The van der Waals surface area contributed by atoms with Gasteiger partial charge in [-0.2, -0.15) is 4.37 Å². The Morgan fingerprint density at radius 2 is 2.12 bits per heavy atom. The Hall–Kier alpha value is -1.21. The SMILES string of the molecule is CC(C)c1nsc(N2CCC(CN(C)C(=O)C3CCOC3)CC2)n1. The van der Waals surface area contributed by atoms with Crippen molar-refractivity contribution >= 4 is 22.6 Å². The molecule has 1 aromatic heterocycles. The van der Waals surface area contributed by atoms with E-state index in [2.05, 4.69) is 28.1 Å². The van der Waals surface area contributed by atoms with E-state index < -0.39 is 0 Å². The summed E-state index contributed by atoms with van der Waals surface area (Å²) >= 11 is 1.51. The Morgan fingerprint density at radius 3 is 2.71 bits per heavy atom. The molecule has 2 aliphatic heterocycles. The van der Waals surface area contributed by atoms with Gasteiger partial charge in [0.05, 0.1) is 12.5 Å². The molecule has 0 radical (unpaired) electrons. The molecule has 3 rings (SSSR count). The molecule has 134 valence electrons. The summed E-state index contributed by atoms with van der Waals surface area (Å²) in [5, 5.41) is 1.05. The zero-order chi connectivity index (χ0) is 17.1. The Labute approximate surface area is 148 Å². The molecule has 2 saturated heterocycles. The molecular weight excluding hydrogens is 324 g/mol. The molecule has 0 aliphatic carbocycles. The summed E-state index contributed by atoms with van der Waals surface area (Å²) in [5.74, 6) is 2.23. The van der Waals surface area contributed by atoms with Crippen LogP contribution in [0.2, 0.25) is 0 Å². The topological polar surface area (TPSA) is 58.6 Å². The Morgan fingerprint density at radius 1 is 1.38 bits per heavy atom. The van der Waals surface area contributed by atoms with Crippen LogP contribution in [0.15, 0.2) is 0 Å². The quantitative estimate of drug-likeness (QED) is 0.814. The van der Waals surface area contributed by atoms with Crippen LogP contribution >= 0.6 is 11.5 Å². The van der Waals surface area contributed by atoms with Crippen molar-refractivity contribution in [1.82, 2.24) is 14.3 Å². The summed E-state index contributed by atoms with van der Waals surface area (Å²) in [6.45, 7) is 8.44. The van der Waals surface area contributed by atoms with E-state index in [1.807, 2.05) is 11.9 Å². The van der Waals surface area contributed by atoms with Crippen molar-refractivity contribution in [3.05, 3.63) is 5.82 Å². The van der Waals surface area contributed by atoms with Crippen LogP contribution in [0.5, 0.6) is 0 Å². The highest BCUT2D eigenvalue weighted by molar-refractivity contribution is 7.09. The third-order valence-electron chi connectivity index (χ3n) is 5.02. The first-order valence-corrected chi connectivity index (χ1v) is 9.73. The summed E-state index contributed by atoms with van der Waals surface area (Å²) in [6, 6.07) is 0. The van der Waals surface area contributed by atoms with E-state index in [9.17, 15) is 4.79 Å². The number of rotatable bonds is 5. The molecule has 7 heteroatoms. The Bertz CT molecular complexity index is 549. The highest BCUT2D eigenvalue weighted by atomic mass is 32.1. The predicted molar refractivity (Wildman–Crippen MR) is 95.5 cm³/mol. The van der Waals surface area contributed by atoms with E-state index in [-0.39, 0.29) is 11.8 Å². The lowest BCUT2D eigenvalue weighted by Crippen LogP contribution is -2.41. The molecule has 0 aromatic carbocycles. The number of hydrogen-bond acceptors (Lipinski definition) is 6. The molecule has 1 unspecified atom stereocenters. The molecule has 0 spiro atoms. The summed E-state index contributed by atoms with van der Waals surface area (Å²) in [4.78, 5) is 21.3. The first-order chi connectivity index (χ1) is 11.5. The van der Waals surface area contributed by atoms with Crippen LogP contribution in [0.1, 0.15) is 44.9 Å². The van der Waals surface area contributed by atoms with E-state index in [1.165, 1.54) is 11.5 Å². The van der Waals surface area contributed by atoms with Crippen molar-refractivity contribution in [2.75, 3.05) is 44.8 Å². The van der Waals surface area contributed by atoms with E-state index in [0.29, 0.717) is 18.4 Å². The van der Waals surface area contributed by atoms with Crippen LogP contribution < -0.4 is 4.90 Å². The second-order valence-corrected chi connectivity index (χ2v) is 8.03. The summed E-state index contributed by atoms with van der Waals surface area (Å²) in [7, 11) is 1.94. The lowest BCUT2D eigenvalue weighted by Gasteiger charge is -2.34. The normalized spacial score (nSPS) is 22.3. The minimum atomic E-state index is 0.0749. The van der Waals surface area contributed by atoms with E-state index in [0.717, 1.165) is 56.5 Å². The molecule has 6 nitrogen and oxygen atoms in total. The van der Waals surface area contributed by atoms with Gasteiger partial charge in [0.15, 0.2) is 0 Å². The molecule has 1 aromatic rings. The van der Waals surface area contributed by atoms with Gasteiger partial charge in [0, 0.05) is 50.7 Å². The van der Waals surface area contributed by atoms with Gasteiger partial charge in [-0.3, -0.25) is 4.79 Å². The number of carbonyl (C=O) groups is 1. The van der Waals surface area contributed by atoms with Crippen LogP contribution in [0.3, 0.4) is 0 Å². The fourth-order valence-corrected chi connectivity index (χ4v) is 4.27. The predicted octanol–water partition coefficient (Wildman–Crippen LogP) is 2.37. The van der Waals surface area contributed by atoms with Crippen molar-refractivity contribution in [1.29, 1.82) is 0 Å². The van der Waals surface area contributed by atoms with Gasteiger partial charge in [-0.1, -0.05) is 13.8 Å². The van der Waals surface area contributed by atoms with Crippen LogP contribution in [0.25, 0.3) is 0 Å². The van der Waals surface area contributed by atoms with Crippen molar-refractivity contribution < 1.29 is 9.53 Å². The largest absolute Gasteiger partial charge is 0.381 e. The van der Waals surface area contributed by atoms with Gasteiger partial charge < -0.3 is 14.5 Å². The maximum Gasteiger partial charge on any atom is 0.227 e. The van der Waals surface area contributed by atoms with Crippen LogP contribution in [-0.2, 0) is 9.53 Å². The van der Waals surface area contributed by atoms with Crippen molar-refractivity contribution in [2.45, 2.75) is 39.0 Å². The highest BCUT2D eigenvalue weighted by Gasteiger charge is 2.29. The van der Waals surface area contributed by atoms with Gasteiger partial charge in [-0.25, -0.2) is 4.98 Å². The third kappa shape index (κ3) is 4.06. The zero-order valence-electron chi connectivity index (χ0n) is 14.9. The van der Waals surface area contributed by atoms with Crippen molar-refractivity contribution in [3.63, 3.8) is 0 Å². The fraction of sp³-hybridized carbons (Fsp3) is 0.824. The summed E-state index contributed by atoms with van der Waals surface area (Å²) in [5.41, 5.74) is 0. The minimum Gasteiger partial charge on any atom is -0.381 e. The maximum atomic E-state index is 12.4. The second kappa shape index (κ2) is 7.78. The molecule has 3 heterocycles. The maximum absolute atomic E-state index is 12.4. The number of anilines is 1. The number of amides is 1. The number of piperidine rings is 1. The molecule has 1 atom stereocenters. The van der Waals surface area contributed by atoms with Crippen molar-refractivity contribution in [2.24, 2.45) is 11.8 Å². The van der Waals surface area contributed by atoms with Gasteiger partial charge in [0.1, 0.15) is 5.82 Å². The standard InChI is InChI=1S/C17H28N4O2S/c1-12(2)15-18-17(24-19-15)21-7-4-13(5-8-21)10-20(3)16(22)14-6-9-23-11-14/h12-14H,4-11H2,1-3H3. The molecule has 2 aliphatic rings. The monoisotopic (exact) mass is 352 g/mol. The van der Waals surface area contributed by atoms with Crippen LogP contribution in [-0.4, -0.2) is 60.1 Å². The average Bonchev–Trinajstić information content (AvgIpc) is 3.26. The fourth-order valence-electron chi connectivity index (χ4n) is 3.41. The highest BCUT2D eigenvalue weighted by Crippen LogP contribution is 2.27. The first-order valence-electron chi connectivity index (χ1n) is 8.96. The number of ether oxygens (including phenoxy) is 1. The van der Waals surface area contributed by atoms with E-state index in [4.69, 9.17) is 4.74 Å². The molecule has 24 heavy (non-hydrogen) atoms. The average molecular weight is 353 g/mol. The summed E-state index contributed by atoms with van der Waals surface area (Å²) in [6.07, 6.45) is 3.08. The lowest BCUT2D eigenvalue weighted by atomic mass is 9.96. The van der Waals surface area contributed by atoms with Gasteiger partial charge in [-0.15, -0.1) is 0 Å². The molecule has 2 fully saturated rings. The number of aromatic nitrogens is 2. The van der Waals surface area contributed by atoms with Crippen LogP contribution in [0, 0.1) is 11.8 Å². The van der Waals surface area contributed by atoms with Gasteiger partial charge >= 0.3 is 0 Å². The van der Waals surface area contributed by atoms with E-state index >= 15 is 0 Å². The lowest BCUT2D eigenvalue weighted by molar-refractivity contribution is -0.134. The molecule has 0 N–H and O–H groups in total. The smallest absolute Gasteiger partial charge is 0.227 e. The zero-order valence-corrected chi connectivity index (χ0v) is 15.7. The van der Waals surface area contributed by atoms with E-state index in [1.54, 1.807) is 0 Å².